The third-order valence-corrected chi connectivity index (χ3v) is 3.75. The molecule has 0 saturated carbocycles. The van der Waals surface area contributed by atoms with E-state index in [1.807, 2.05) is 24.7 Å². The van der Waals surface area contributed by atoms with Crippen molar-refractivity contribution in [1.29, 1.82) is 0 Å². The van der Waals surface area contributed by atoms with Crippen LogP contribution < -0.4 is 5.32 Å². The molecule has 0 spiro atoms. The highest BCUT2D eigenvalue weighted by Crippen LogP contribution is 2.26. The van der Waals surface area contributed by atoms with Crippen molar-refractivity contribution < 1.29 is 4.74 Å². The Kier molecular flexibility index (Phi) is 4.99. The number of methoxy groups -OCH3 is 1. The summed E-state index contributed by atoms with van der Waals surface area (Å²) < 4.78 is 8.43. The monoisotopic (exact) mass is 323 g/mol. The van der Waals surface area contributed by atoms with Crippen LogP contribution in [-0.2, 0) is 24.4 Å². The van der Waals surface area contributed by atoms with Gasteiger partial charge in [-0.15, -0.1) is 0 Å². The van der Waals surface area contributed by atoms with E-state index in [0.717, 1.165) is 28.8 Å². The molecule has 5 heteroatoms. The fourth-order valence-corrected chi connectivity index (χ4v) is 2.46. The summed E-state index contributed by atoms with van der Waals surface area (Å²) in [7, 11) is 1.70. The Morgan fingerprint density at radius 2 is 2.26 bits per heavy atom. The van der Waals surface area contributed by atoms with Gasteiger partial charge in [0.15, 0.2) is 0 Å². The molecule has 1 heterocycles. The number of hydrogen-bond acceptors (Lipinski definition) is 3. The predicted octanol–water partition coefficient (Wildman–Crippen LogP) is 3.42. The van der Waals surface area contributed by atoms with Gasteiger partial charge in [0.2, 0.25) is 0 Å². The van der Waals surface area contributed by atoms with Gasteiger partial charge in [0.25, 0.3) is 0 Å². The van der Waals surface area contributed by atoms with Crippen LogP contribution in [0.4, 0.5) is 5.69 Å². The van der Waals surface area contributed by atoms with Gasteiger partial charge >= 0.3 is 0 Å². The van der Waals surface area contributed by atoms with Crippen molar-refractivity contribution in [3.8, 4) is 0 Å². The number of aryl methyl sites for hydroxylation is 1. The zero-order valence-electron chi connectivity index (χ0n) is 11.2. The van der Waals surface area contributed by atoms with Crippen molar-refractivity contribution in [3.05, 3.63) is 46.5 Å². The van der Waals surface area contributed by atoms with Crippen molar-refractivity contribution in [2.75, 3.05) is 12.4 Å². The van der Waals surface area contributed by atoms with E-state index in [9.17, 15) is 0 Å². The highest BCUT2D eigenvalue weighted by molar-refractivity contribution is 9.10. The average Bonchev–Trinajstić information content (AvgIpc) is 2.87. The van der Waals surface area contributed by atoms with Crippen LogP contribution >= 0.6 is 15.9 Å². The summed E-state index contributed by atoms with van der Waals surface area (Å²) in [5.74, 6) is 0. The van der Waals surface area contributed by atoms with Gasteiger partial charge in [0, 0.05) is 35.6 Å². The van der Waals surface area contributed by atoms with Crippen LogP contribution in [0.15, 0.2) is 35.2 Å². The molecule has 0 aliphatic carbocycles. The van der Waals surface area contributed by atoms with Crippen molar-refractivity contribution >= 4 is 21.6 Å². The van der Waals surface area contributed by atoms with Crippen molar-refractivity contribution in [1.82, 2.24) is 9.55 Å². The molecule has 0 aliphatic rings. The van der Waals surface area contributed by atoms with E-state index < -0.39 is 0 Å². The van der Waals surface area contributed by atoms with E-state index in [1.54, 1.807) is 7.11 Å². The van der Waals surface area contributed by atoms with Crippen LogP contribution in [0.5, 0.6) is 0 Å². The molecule has 0 bridgehead atoms. The number of anilines is 1. The molecule has 1 aromatic carbocycles. The third kappa shape index (κ3) is 3.36. The number of hydrogen-bond donors (Lipinski definition) is 1. The first-order valence-electron chi connectivity index (χ1n) is 6.25. The van der Waals surface area contributed by atoms with Crippen molar-refractivity contribution in [2.24, 2.45) is 0 Å². The first kappa shape index (κ1) is 14.1. The van der Waals surface area contributed by atoms with Gasteiger partial charge in [-0.2, -0.15) is 0 Å². The van der Waals surface area contributed by atoms with Gasteiger partial charge in [0.1, 0.15) is 0 Å². The zero-order valence-corrected chi connectivity index (χ0v) is 12.8. The topological polar surface area (TPSA) is 39.1 Å². The minimum Gasteiger partial charge on any atom is -0.380 e. The van der Waals surface area contributed by atoms with Crippen LogP contribution in [0, 0.1) is 0 Å². The summed E-state index contributed by atoms with van der Waals surface area (Å²) in [4.78, 5) is 4.17. The van der Waals surface area contributed by atoms with E-state index in [2.05, 4.69) is 43.8 Å². The van der Waals surface area contributed by atoms with E-state index in [1.165, 1.54) is 5.69 Å². The number of rotatable bonds is 6. The van der Waals surface area contributed by atoms with Gasteiger partial charge in [-0.25, -0.2) is 4.98 Å². The van der Waals surface area contributed by atoms with Crippen LogP contribution in [0.25, 0.3) is 0 Å². The van der Waals surface area contributed by atoms with Crippen molar-refractivity contribution in [2.45, 2.75) is 26.6 Å². The molecule has 0 radical (unpaired) electrons. The third-order valence-electron chi connectivity index (χ3n) is 3.01. The molecule has 1 N–H and O–H groups in total. The molecule has 19 heavy (non-hydrogen) atoms. The molecule has 0 unspecified atom stereocenters. The standard InChI is InChI=1S/C14H18BrN3O/c1-3-18-10-16-7-11(18)8-17-14-6-4-5-13(15)12(14)9-19-2/h4-7,10,17H,3,8-9H2,1-2H3. The lowest BCUT2D eigenvalue weighted by molar-refractivity contribution is 0.185. The number of aromatic nitrogens is 2. The second-order valence-electron chi connectivity index (χ2n) is 4.22. The summed E-state index contributed by atoms with van der Waals surface area (Å²) in [5, 5.41) is 3.45. The van der Waals surface area contributed by atoms with Crippen LogP contribution in [-0.4, -0.2) is 16.7 Å². The molecule has 0 amide bonds. The maximum atomic E-state index is 5.24. The maximum absolute atomic E-state index is 5.24. The molecule has 1 aromatic heterocycles. The first-order chi connectivity index (χ1) is 9.26. The van der Waals surface area contributed by atoms with E-state index in [4.69, 9.17) is 4.74 Å². The van der Waals surface area contributed by atoms with Gasteiger partial charge in [0.05, 0.1) is 25.2 Å². The fourth-order valence-electron chi connectivity index (χ4n) is 1.98. The van der Waals surface area contributed by atoms with E-state index in [0.29, 0.717) is 6.61 Å². The summed E-state index contributed by atoms with van der Waals surface area (Å²) >= 11 is 3.56. The number of benzene rings is 1. The fraction of sp³-hybridized carbons (Fsp3) is 0.357. The number of imidazole rings is 1. The summed E-state index contributed by atoms with van der Waals surface area (Å²) in [5.41, 5.74) is 3.39. The molecule has 2 aromatic rings. The van der Waals surface area contributed by atoms with Crippen LogP contribution in [0.3, 0.4) is 0 Å². The Balaban J connectivity index is 2.13. The molecular formula is C14H18BrN3O. The lowest BCUT2D eigenvalue weighted by atomic mass is 10.2. The number of ether oxygens (including phenoxy) is 1. The molecule has 0 fully saturated rings. The Morgan fingerprint density at radius 3 is 3.00 bits per heavy atom. The maximum Gasteiger partial charge on any atom is 0.0948 e. The van der Waals surface area contributed by atoms with E-state index >= 15 is 0 Å². The zero-order chi connectivity index (χ0) is 13.7. The first-order valence-corrected chi connectivity index (χ1v) is 7.04. The molecule has 0 saturated heterocycles. The number of halogens is 1. The second kappa shape index (κ2) is 6.73. The molecule has 0 aliphatic heterocycles. The number of nitrogens with zero attached hydrogens (tertiary/aromatic N) is 2. The van der Waals surface area contributed by atoms with Gasteiger partial charge < -0.3 is 14.6 Å². The van der Waals surface area contributed by atoms with Gasteiger partial charge in [-0.1, -0.05) is 22.0 Å². The minimum atomic E-state index is 0.580. The summed E-state index contributed by atoms with van der Waals surface area (Å²) in [6, 6.07) is 6.10. The Labute approximate surface area is 121 Å². The summed E-state index contributed by atoms with van der Waals surface area (Å²) in [6.07, 6.45) is 3.75. The SMILES string of the molecule is CCn1cncc1CNc1cccc(Br)c1COC. The normalized spacial score (nSPS) is 10.7. The second-order valence-corrected chi connectivity index (χ2v) is 5.08. The lowest BCUT2D eigenvalue weighted by Gasteiger charge is -2.13. The Morgan fingerprint density at radius 1 is 1.42 bits per heavy atom. The van der Waals surface area contributed by atoms with Crippen molar-refractivity contribution in [3.63, 3.8) is 0 Å². The molecular weight excluding hydrogens is 306 g/mol. The Hall–Kier alpha value is -1.33. The minimum absolute atomic E-state index is 0.580. The highest BCUT2D eigenvalue weighted by atomic mass is 79.9. The lowest BCUT2D eigenvalue weighted by Crippen LogP contribution is -2.08. The average molecular weight is 324 g/mol. The van der Waals surface area contributed by atoms with Gasteiger partial charge in [-0.3, -0.25) is 0 Å². The molecule has 0 atom stereocenters. The quantitative estimate of drug-likeness (QED) is 0.885. The van der Waals surface area contributed by atoms with Gasteiger partial charge in [-0.05, 0) is 19.1 Å². The Bertz CT molecular complexity index is 539. The predicted molar refractivity (Wildman–Crippen MR) is 80.1 cm³/mol. The smallest absolute Gasteiger partial charge is 0.0948 e. The number of nitrogens with one attached hydrogen (secondary N) is 1. The largest absolute Gasteiger partial charge is 0.380 e. The molecule has 2 rings (SSSR count). The highest BCUT2D eigenvalue weighted by Gasteiger charge is 2.07. The summed E-state index contributed by atoms with van der Waals surface area (Å²) in [6.45, 7) is 4.37. The molecule has 102 valence electrons. The van der Waals surface area contributed by atoms with Crippen LogP contribution in [0.1, 0.15) is 18.2 Å². The van der Waals surface area contributed by atoms with E-state index in [-0.39, 0.29) is 0 Å². The molecule has 4 nitrogen and oxygen atoms in total. The van der Waals surface area contributed by atoms with Crippen LogP contribution in [0.2, 0.25) is 0 Å².